The normalized spacial score (nSPS) is 24.9. The zero-order chi connectivity index (χ0) is 26.8. The lowest BCUT2D eigenvalue weighted by atomic mass is 9.75. The van der Waals surface area contributed by atoms with Crippen LogP contribution in [0.4, 0.5) is 8.78 Å². The molecule has 2 N–H and O–H groups in total. The highest BCUT2D eigenvalue weighted by molar-refractivity contribution is 5.99. The van der Waals surface area contributed by atoms with Gasteiger partial charge in [-0.2, -0.15) is 0 Å². The van der Waals surface area contributed by atoms with Crippen molar-refractivity contribution in [3.05, 3.63) is 62.6 Å². The predicted molar refractivity (Wildman–Crippen MR) is 128 cm³/mol. The molecular weight excluding hydrogens is 486 g/mol. The van der Waals surface area contributed by atoms with Crippen molar-refractivity contribution in [3.63, 3.8) is 0 Å². The molecule has 0 radical (unpaired) electrons. The molecule has 2 saturated heterocycles. The molecule has 0 unspecified atom stereocenters. The van der Waals surface area contributed by atoms with Crippen LogP contribution in [0.3, 0.4) is 0 Å². The maximum Gasteiger partial charge on any atom is 0.274 e. The molecular formula is C26H28F2N4O5. The van der Waals surface area contributed by atoms with Gasteiger partial charge in [-0.25, -0.2) is 8.78 Å². The second kappa shape index (κ2) is 8.67. The molecule has 0 aliphatic carbocycles. The second-order valence-corrected chi connectivity index (χ2v) is 10.5. The van der Waals surface area contributed by atoms with E-state index in [1.54, 1.807) is 16.8 Å². The lowest BCUT2D eigenvalue weighted by Gasteiger charge is -2.43. The Kier molecular flexibility index (Phi) is 5.84. The summed E-state index contributed by atoms with van der Waals surface area (Å²) in [7, 11) is 1.71. The Bertz CT molecular complexity index is 1380. The summed E-state index contributed by atoms with van der Waals surface area (Å²) in [6, 6.07) is 1.63. The number of nitrogens with one attached hydrogen (secondary N) is 1. The van der Waals surface area contributed by atoms with Crippen molar-refractivity contribution in [2.75, 3.05) is 20.1 Å². The van der Waals surface area contributed by atoms with Crippen LogP contribution in [0.15, 0.2) is 23.1 Å². The van der Waals surface area contributed by atoms with Gasteiger partial charge in [-0.3, -0.25) is 19.2 Å². The molecule has 1 spiro atoms. The number of aromatic hydroxyl groups is 1. The first-order chi connectivity index (χ1) is 17.4. The number of fused-ring (bicyclic) bond motifs is 5. The van der Waals surface area contributed by atoms with Crippen LogP contribution >= 0.6 is 0 Å². The van der Waals surface area contributed by atoms with E-state index < -0.39 is 58.2 Å². The number of benzene rings is 1. The number of likely N-dealkylation sites (tertiary alicyclic amines) is 1. The van der Waals surface area contributed by atoms with Crippen molar-refractivity contribution in [3.8, 4) is 5.75 Å². The summed E-state index contributed by atoms with van der Waals surface area (Å²) >= 11 is 0. The number of halogens is 2. The van der Waals surface area contributed by atoms with E-state index in [1.807, 2.05) is 6.92 Å². The zero-order valence-corrected chi connectivity index (χ0v) is 20.8. The van der Waals surface area contributed by atoms with Crippen LogP contribution in [0.2, 0.25) is 0 Å². The smallest absolute Gasteiger partial charge is 0.274 e. The third-order valence-electron chi connectivity index (χ3n) is 8.12. The minimum Gasteiger partial charge on any atom is -0.503 e. The quantitative estimate of drug-likeness (QED) is 0.652. The van der Waals surface area contributed by atoms with Gasteiger partial charge in [0.05, 0.1) is 6.04 Å². The maximum atomic E-state index is 14.2. The Hall–Kier alpha value is -3.76. The van der Waals surface area contributed by atoms with E-state index in [2.05, 4.69) is 5.32 Å². The van der Waals surface area contributed by atoms with Crippen LogP contribution in [0, 0.1) is 24.0 Å². The highest BCUT2D eigenvalue weighted by atomic mass is 19.1. The molecule has 2 aromatic rings. The minimum absolute atomic E-state index is 0.0371. The Labute approximate surface area is 211 Å². The molecule has 9 nitrogen and oxygen atoms in total. The van der Waals surface area contributed by atoms with Gasteiger partial charge in [0.25, 0.3) is 11.8 Å². The van der Waals surface area contributed by atoms with Crippen LogP contribution in [-0.2, 0) is 11.3 Å². The molecule has 3 aliphatic rings. The largest absolute Gasteiger partial charge is 0.503 e. The summed E-state index contributed by atoms with van der Waals surface area (Å²) in [5.41, 5.74) is -2.28. The number of aryl methyl sites for hydroxylation is 1. The van der Waals surface area contributed by atoms with Gasteiger partial charge in [-0.15, -0.1) is 0 Å². The van der Waals surface area contributed by atoms with E-state index in [0.29, 0.717) is 24.9 Å². The van der Waals surface area contributed by atoms with E-state index in [0.717, 1.165) is 12.1 Å². The molecule has 4 heterocycles. The highest BCUT2D eigenvalue weighted by Gasteiger charge is 2.54. The van der Waals surface area contributed by atoms with E-state index >= 15 is 0 Å². The summed E-state index contributed by atoms with van der Waals surface area (Å²) in [5, 5.41) is 13.2. The fourth-order valence-corrected chi connectivity index (χ4v) is 6.03. The first-order valence-electron chi connectivity index (χ1n) is 12.2. The number of aromatic nitrogens is 1. The van der Waals surface area contributed by atoms with Crippen molar-refractivity contribution in [1.29, 1.82) is 0 Å². The monoisotopic (exact) mass is 514 g/mol. The lowest BCUT2D eigenvalue weighted by Crippen LogP contribution is -2.50. The number of carbonyl (C=O) groups is 3. The molecule has 2 bridgehead atoms. The molecule has 1 aromatic heterocycles. The van der Waals surface area contributed by atoms with E-state index in [-0.39, 0.29) is 36.2 Å². The summed E-state index contributed by atoms with van der Waals surface area (Å²) in [5.74, 6) is -4.03. The summed E-state index contributed by atoms with van der Waals surface area (Å²) in [4.78, 5) is 55.2. The number of pyridine rings is 1. The predicted octanol–water partition coefficient (Wildman–Crippen LogP) is 2.10. The minimum atomic E-state index is -1.05. The Balaban J connectivity index is 1.56. The standard InChI is InChI=1S/C26H28F2N4O5/c1-13-6-17(27)15(18(28)7-13)9-29-24(36)16-10-32-19-11-31(25(37)21(32)23(35)22(16)34)14(2)4-5-26(19)8-20(33)30(3)12-26/h6-7,10,14,19,35H,4-5,8-9,11-12H2,1-3H3,(H,29,36)/t14-,19+,26+/m0/s1. The lowest BCUT2D eigenvalue weighted by molar-refractivity contribution is -0.126. The van der Waals surface area contributed by atoms with Crippen molar-refractivity contribution in [2.24, 2.45) is 5.41 Å². The van der Waals surface area contributed by atoms with Gasteiger partial charge in [-0.05, 0) is 44.4 Å². The van der Waals surface area contributed by atoms with Gasteiger partial charge in [0, 0.05) is 56.3 Å². The van der Waals surface area contributed by atoms with Gasteiger partial charge in [0.15, 0.2) is 11.4 Å². The first kappa shape index (κ1) is 24.9. The summed E-state index contributed by atoms with van der Waals surface area (Å²) in [6.07, 6.45) is 2.75. The average Bonchev–Trinajstić information content (AvgIpc) is 3.05. The van der Waals surface area contributed by atoms with Crippen molar-refractivity contribution >= 4 is 17.7 Å². The number of amides is 3. The third-order valence-corrected chi connectivity index (χ3v) is 8.12. The SMILES string of the molecule is Cc1cc(F)c(CNC(=O)c2cn3c(c(O)c2=O)C(=O)N2C[C@@H]3[C@]3(CC[C@@H]2C)CC(=O)N(C)C3)c(F)c1. The van der Waals surface area contributed by atoms with Gasteiger partial charge >= 0.3 is 0 Å². The van der Waals surface area contributed by atoms with E-state index in [9.17, 15) is 33.1 Å². The summed E-state index contributed by atoms with van der Waals surface area (Å²) < 4.78 is 30.0. The molecule has 2 fully saturated rings. The highest BCUT2D eigenvalue weighted by Crippen LogP contribution is 2.50. The second-order valence-electron chi connectivity index (χ2n) is 10.5. The molecule has 3 atom stereocenters. The molecule has 3 aliphatic heterocycles. The van der Waals surface area contributed by atoms with Crippen molar-refractivity contribution in [2.45, 2.75) is 51.7 Å². The zero-order valence-electron chi connectivity index (χ0n) is 20.8. The van der Waals surface area contributed by atoms with Gasteiger partial charge in [0.1, 0.15) is 17.2 Å². The van der Waals surface area contributed by atoms with Gasteiger partial charge in [0.2, 0.25) is 11.3 Å². The molecule has 1 aromatic carbocycles. The van der Waals surface area contributed by atoms with Crippen LogP contribution in [-0.4, -0.2) is 63.4 Å². The number of carbonyl (C=O) groups excluding carboxylic acids is 3. The Morgan fingerprint density at radius 2 is 1.89 bits per heavy atom. The van der Waals surface area contributed by atoms with E-state index in [1.165, 1.54) is 17.7 Å². The molecule has 3 amide bonds. The van der Waals surface area contributed by atoms with Crippen LogP contribution in [0.1, 0.15) is 64.2 Å². The third kappa shape index (κ3) is 3.87. The average molecular weight is 515 g/mol. The molecule has 196 valence electrons. The fraction of sp³-hybridized carbons (Fsp3) is 0.462. The van der Waals surface area contributed by atoms with Crippen LogP contribution in [0.25, 0.3) is 0 Å². The molecule has 0 saturated carbocycles. The maximum absolute atomic E-state index is 14.2. The number of hydrogen-bond acceptors (Lipinski definition) is 5. The Morgan fingerprint density at radius 1 is 1.22 bits per heavy atom. The van der Waals surface area contributed by atoms with Crippen molar-refractivity contribution < 1.29 is 28.3 Å². The molecule has 37 heavy (non-hydrogen) atoms. The Morgan fingerprint density at radius 3 is 2.51 bits per heavy atom. The number of hydrogen-bond donors (Lipinski definition) is 2. The number of nitrogens with zero attached hydrogens (tertiary/aromatic N) is 3. The van der Waals surface area contributed by atoms with Gasteiger partial charge < -0.3 is 24.8 Å². The van der Waals surface area contributed by atoms with E-state index in [4.69, 9.17) is 0 Å². The van der Waals surface area contributed by atoms with Gasteiger partial charge in [-0.1, -0.05) is 0 Å². The van der Waals surface area contributed by atoms with Crippen molar-refractivity contribution in [1.82, 2.24) is 19.7 Å². The molecule has 5 rings (SSSR count). The first-order valence-corrected chi connectivity index (χ1v) is 12.2. The number of rotatable bonds is 3. The topological polar surface area (TPSA) is 112 Å². The summed E-state index contributed by atoms with van der Waals surface area (Å²) in [6.45, 7) is 3.60. The van der Waals surface area contributed by atoms with Crippen LogP contribution in [0.5, 0.6) is 5.75 Å². The van der Waals surface area contributed by atoms with Crippen LogP contribution < -0.4 is 10.7 Å². The molecule has 11 heteroatoms. The fourth-order valence-electron chi connectivity index (χ4n) is 6.03.